The number of esters is 1. The number of nitrogens with zero attached hydrogens (tertiary/aromatic N) is 5. The monoisotopic (exact) mass is 661 g/mol. The van der Waals surface area contributed by atoms with Crippen LogP contribution < -0.4 is 4.90 Å². The summed E-state index contributed by atoms with van der Waals surface area (Å²) >= 11 is 2.67. The van der Waals surface area contributed by atoms with Gasteiger partial charge >= 0.3 is 11.9 Å². The van der Waals surface area contributed by atoms with Gasteiger partial charge in [0.15, 0.2) is 10.1 Å². The number of aliphatic hydroxyl groups is 1. The van der Waals surface area contributed by atoms with E-state index in [-0.39, 0.29) is 16.4 Å². The number of carbonyl (C=O) groups excluding carboxylic acids is 3. The van der Waals surface area contributed by atoms with Crippen molar-refractivity contribution in [1.29, 1.82) is 0 Å². The Morgan fingerprint density at radius 1 is 0.979 bits per heavy atom. The Morgan fingerprint density at radius 2 is 1.74 bits per heavy atom. The Bertz CT molecular complexity index is 2250. The van der Waals surface area contributed by atoms with Gasteiger partial charge in [-0.2, -0.15) is 0 Å². The van der Waals surface area contributed by atoms with Crippen LogP contribution in [0.25, 0.3) is 22.2 Å². The van der Waals surface area contributed by atoms with Crippen molar-refractivity contribution in [2.75, 3.05) is 12.0 Å². The first-order chi connectivity index (χ1) is 22.8. The van der Waals surface area contributed by atoms with Crippen molar-refractivity contribution in [1.82, 2.24) is 19.6 Å². The van der Waals surface area contributed by atoms with Gasteiger partial charge in [-0.3, -0.25) is 14.5 Å². The van der Waals surface area contributed by atoms with E-state index in [0.717, 1.165) is 21.9 Å². The largest absolute Gasteiger partial charge is 0.505 e. The molecule has 1 amide bonds. The molecule has 234 valence electrons. The number of ether oxygens (including phenoxy) is 1. The number of aliphatic hydroxyl groups excluding tert-OH is 1. The lowest BCUT2D eigenvalue weighted by atomic mass is 9.95. The maximum Gasteiger partial charge on any atom is 0.337 e. The second-order valence-corrected chi connectivity index (χ2v) is 13.2. The van der Waals surface area contributed by atoms with Crippen LogP contribution in [-0.4, -0.2) is 49.5 Å². The molecular weight excluding hydrogens is 635 g/mol. The molecule has 3 aromatic carbocycles. The number of pyridine rings is 1. The second kappa shape index (κ2) is 12.1. The van der Waals surface area contributed by atoms with E-state index in [9.17, 15) is 19.5 Å². The van der Waals surface area contributed by atoms with Crippen LogP contribution in [0, 0.1) is 13.8 Å². The minimum Gasteiger partial charge on any atom is -0.505 e. The predicted molar refractivity (Wildman–Crippen MR) is 181 cm³/mol. The van der Waals surface area contributed by atoms with Gasteiger partial charge in [0.25, 0.3) is 5.78 Å². The highest BCUT2D eigenvalue weighted by atomic mass is 32.2. The number of aromatic nitrogens is 4. The number of amides is 1. The van der Waals surface area contributed by atoms with E-state index in [1.807, 2.05) is 47.9 Å². The zero-order chi connectivity index (χ0) is 32.8. The molecule has 1 fully saturated rings. The maximum absolute atomic E-state index is 13.8. The average molecular weight is 662 g/mol. The van der Waals surface area contributed by atoms with Gasteiger partial charge in [0, 0.05) is 11.9 Å². The number of thioether (sulfide) groups is 1. The summed E-state index contributed by atoms with van der Waals surface area (Å²) in [4.78, 5) is 45.6. The number of ketones is 1. The highest BCUT2D eigenvalue weighted by Gasteiger charge is 2.49. The third-order valence-corrected chi connectivity index (χ3v) is 10.3. The number of carbonyl (C=O) groups is 3. The van der Waals surface area contributed by atoms with E-state index < -0.39 is 29.5 Å². The molecule has 0 radical (unpaired) electrons. The predicted octanol–water partition coefficient (Wildman–Crippen LogP) is 6.66. The number of rotatable bonds is 7. The summed E-state index contributed by atoms with van der Waals surface area (Å²) in [5, 5.41) is 22.9. The van der Waals surface area contributed by atoms with E-state index in [1.165, 1.54) is 35.1 Å². The van der Waals surface area contributed by atoms with Crippen molar-refractivity contribution in [2.45, 2.75) is 30.0 Å². The van der Waals surface area contributed by atoms with E-state index in [0.29, 0.717) is 32.6 Å². The molecular formula is C35H27N5O5S2. The lowest BCUT2D eigenvalue weighted by Gasteiger charge is -2.22. The fourth-order valence-electron chi connectivity index (χ4n) is 5.85. The van der Waals surface area contributed by atoms with Crippen LogP contribution in [0.15, 0.2) is 95.0 Å². The molecule has 6 aromatic rings. The standard InChI is InChI=1S/C35H27N5O5S2/c1-19-8-7-17-39-20(2)27(36-31(19)39)29(41)26-28(22-13-15-23(16-14-22)33(44)45-3)40(32(43)30(26)42)34-37-38-35(47-34)46-18-24-11-6-10-21-9-4-5-12-25(21)24/h4-17,28,41H,18H2,1-3H3/b29-26+. The Morgan fingerprint density at radius 3 is 2.51 bits per heavy atom. The van der Waals surface area contributed by atoms with Gasteiger partial charge in [-0.05, 0) is 59.5 Å². The normalized spacial score (nSPS) is 16.0. The molecule has 1 saturated heterocycles. The quantitative estimate of drug-likeness (QED) is 0.0499. The second-order valence-electron chi connectivity index (χ2n) is 11.0. The van der Waals surface area contributed by atoms with Crippen LogP contribution in [-0.2, 0) is 20.1 Å². The molecule has 7 rings (SSSR count). The molecule has 12 heteroatoms. The number of methoxy groups -OCH3 is 1. The molecule has 1 aliphatic heterocycles. The van der Waals surface area contributed by atoms with Crippen molar-refractivity contribution >= 4 is 68.1 Å². The molecule has 10 nitrogen and oxygen atoms in total. The molecule has 47 heavy (non-hydrogen) atoms. The summed E-state index contributed by atoms with van der Waals surface area (Å²) in [5.74, 6) is -2.03. The maximum atomic E-state index is 13.8. The Labute approximate surface area is 277 Å². The van der Waals surface area contributed by atoms with Crippen molar-refractivity contribution in [2.24, 2.45) is 0 Å². The Kier molecular flexibility index (Phi) is 7.82. The van der Waals surface area contributed by atoms with Crippen molar-refractivity contribution in [3.8, 4) is 0 Å². The third-order valence-electron chi connectivity index (χ3n) is 8.23. The molecule has 0 bridgehead atoms. The van der Waals surface area contributed by atoms with E-state index >= 15 is 0 Å². The molecule has 0 aliphatic carbocycles. The van der Waals surface area contributed by atoms with Gasteiger partial charge in [0.1, 0.15) is 11.3 Å². The molecule has 1 atom stereocenters. The Hall–Kier alpha value is -5.33. The first kappa shape index (κ1) is 30.3. The fourth-order valence-corrected chi connectivity index (χ4v) is 7.73. The summed E-state index contributed by atoms with van der Waals surface area (Å²) in [6, 6.07) is 23.4. The topological polar surface area (TPSA) is 127 Å². The first-order valence-corrected chi connectivity index (χ1v) is 16.4. The molecule has 1 aliphatic rings. The van der Waals surface area contributed by atoms with Gasteiger partial charge in [0.2, 0.25) is 5.13 Å². The van der Waals surface area contributed by atoms with Crippen molar-refractivity contribution in [3.05, 3.63) is 124 Å². The van der Waals surface area contributed by atoms with Gasteiger partial charge in [0.05, 0.1) is 30.0 Å². The number of fused-ring (bicyclic) bond motifs is 2. The zero-order valence-corrected chi connectivity index (χ0v) is 27.1. The molecule has 3 aromatic heterocycles. The highest BCUT2D eigenvalue weighted by Crippen LogP contribution is 2.44. The minimum absolute atomic E-state index is 0.134. The van der Waals surface area contributed by atoms with E-state index in [1.54, 1.807) is 31.2 Å². The van der Waals surface area contributed by atoms with Crippen LogP contribution in [0.5, 0.6) is 0 Å². The molecule has 0 saturated carbocycles. The summed E-state index contributed by atoms with van der Waals surface area (Å²) in [6.07, 6.45) is 1.82. The zero-order valence-electron chi connectivity index (χ0n) is 25.5. The molecule has 4 heterocycles. The number of hydrogen-bond acceptors (Lipinski definition) is 10. The third kappa shape index (κ3) is 5.25. The van der Waals surface area contributed by atoms with Gasteiger partial charge < -0.3 is 14.2 Å². The van der Waals surface area contributed by atoms with E-state index in [4.69, 9.17) is 4.74 Å². The number of benzene rings is 3. The summed E-state index contributed by atoms with van der Waals surface area (Å²) < 4.78 is 7.28. The van der Waals surface area contributed by atoms with Gasteiger partial charge in [-0.1, -0.05) is 83.8 Å². The summed E-state index contributed by atoms with van der Waals surface area (Å²) in [5.41, 5.74) is 4.08. The van der Waals surface area contributed by atoms with Crippen LogP contribution in [0.1, 0.15) is 44.5 Å². The lowest BCUT2D eigenvalue weighted by Crippen LogP contribution is -2.29. The number of aryl methyl sites for hydroxylation is 2. The average Bonchev–Trinajstić information content (AvgIpc) is 3.78. The fraction of sp³-hybridized carbons (Fsp3) is 0.143. The SMILES string of the molecule is COC(=O)c1ccc(C2/C(=C(\O)c3nc4c(C)cccn4c3C)C(=O)C(=O)N2c2nnc(SCc3cccc4ccccc34)s2)cc1. The molecule has 0 spiro atoms. The van der Waals surface area contributed by atoms with Crippen molar-refractivity contribution in [3.63, 3.8) is 0 Å². The lowest BCUT2D eigenvalue weighted by molar-refractivity contribution is -0.132. The number of anilines is 1. The minimum atomic E-state index is -1.06. The number of imidazole rings is 1. The molecule has 1 unspecified atom stereocenters. The number of Topliss-reactive ketones (excluding diaryl/α,β-unsaturated/α-hetero) is 1. The smallest absolute Gasteiger partial charge is 0.337 e. The van der Waals surface area contributed by atoms with Crippen LogP contribution >= 0.6 is 23.1 Å². The summed E-state index contributed by atoms with van der Waals surface area (Å²) in [7, 11) is 1.29. The van der Waals surface area contributed by atoms with Gasteiger partial charge in [-0.25, -0.2) is 9.78 Å². The first-order valence-electron chi connectivity index (χ1n) is 14.6. The van der Waals surface area contributed by atoms with Crippen LogP contribution in [0.4, 0.5) is 5.13 Å². The summed E-state index contributed by atoms with van der Waals surface area (Å²) in [6.45, 7) is 3.69. The molecule has 1 N–H and O–H groups in total. The van der Waals surface area contributed by atoms with E-state index in [2.05, 4.69) is 39.4 Å². The van der Waals surface area contributed by atoms with Crippen molar-refractivity contribution < 1.29 is 24.2 Å². The Balaban J connectivity index is 1.30. The van der Waals surface area contributed by atoms with Crippen LogP contribution in [0.3, 0.4) is 0 Å². The number of hydrogen-bond donors (Lipinski definition) is 1. The van der Waals surface area contributed by atoms with Crippen LogP contribution in [0.2, 0.25) is 0 Å². The van der Waals surface area contributed by atoms with Gasteiger partial charge in [-0.15, -0.1) is 10.2 Å². The highest BCUT2D eigenvalue weighted by molar-refractivity contribution is 8.00.